The molecule has 1 unspecified atom stereocenters. The van der Waals surface area contributed by atoms with Crippen LogP contribution in [0.4, 0.5) is 0 Å². The van der Waals surface area contributed by atoms with Crippen LogP contribution >= 0.6 is 11.3 Å². The summed E-state index contributed by atoms with van der Waals surface area (Å²) >= 11 is 1.89. The van der Waals surface area contributed by atoms with Gasteiger partial charge in [0, 0.05) is 15.8 Å². The molecule has 0 radical (unpaired) electrons. The molecule has 0 aliphatic heterocycles. The molecule has 2 aromatic rings. The highest BCUT2D eigenvalue weighted by atomic mass is 32.1. The molecule has 0 fully saturated rings. The van der Waals surface area contributed by atoms with E-state index in [1.165, 1.54) is 34.6 Å². The SMILES string of the molecule is Cc1ccc(C(C)NCCCCc2ccccc2)s1. The van der Waals surface area contributed by atoms with E-state index >= 15 is 0 Å². The Morgan fingerprint density at radius 2 is 1.84 bits per heavy atom. The highest BCUT2D eigenvalue weighted by Gasteiger charge is 2.06. The molecule has 1 aromatic carbocycles. The van der Waals surface area contributed by atoms with E-state index in [9.17, 15) is 0 Å². The smallest absolute Gasteiger partial charge is 0.0386 e. The highest BCUT2D eigenvalue weighted by Crippen LogP contribution is 2.22. The first-order valence-corrected chi connectivity index (χ1v) is 7.91. The van der Waals surface area contributed by atoms with Crippen molar-refractivity contribution in [2.75, 3.05) is 6.54 Å². The molecule has 0 aliphatic rings. The third-order valence-electron chi connectivity index (χ3n) is 3.37. The molecule has 1 aromatic heterocycles. The molecule has 0 saturated heterocycles. The predicted molar refractivity (Wildman–Crippen MR) is 84.9 cm³/mol. The van der Waals surface area contributed by atoms with Gasteiger partial charge in [-0.2, -0.15) is 0 Å². The summed E-state index contributed by atoms with van der Waals surface area (Å²) in [6.45, 7) is 5.52. The lowest BCUT2D eigenvalue weighted by Crippen LogP contribution is -2.19. The van der Waals surface area contributed by atoms with Gasteiger partial charge in [0.25, 0.3) is 0 Å². The van der Waals surface area contributed by atoms with Gasteiger partial charge >= 0.3 is 0 Å². The van der Waals surface area contributed by atoms with Gasteiger partial charge in [0.1, 0.15) is 0 Å². The average molecular weight is 273 g/mol. The van der Waals surface area contributed by atoms with Crippen molar-refractivity contribution in [3.8, 4) is 0 Å². The van der Waals surface area contributed by atoms with Gasteiger partial charge in [0.05, 0.1) is 0 Å². The van der Waals surface area contributed by atoms with E-state index in [1.807, 2.05) is 11.3 Å². The number of rotatable bonds is 7. The van der Waals surface area contributed by atoms with Crippen molar-refractivity contribution >= 4 is 11.3 Å². The van der Waals surface area contributed by atoms with E-state index in [0.717, 1.165) is 6.54 Å². The number of unbranched alkanes of at least 4 members (excludes halogenated alkanes) is 1. The molecular weight excluding hydrogens is 250 g/mol. The predicted octanol–water partition coefficient (Wildman–Crippen LogP) is 4.73. The summed E-state index contributed by atoms with van der Waals surface area (Å²) < 4.78 is 0. The number of hydrogen-bond donors (Lipinski definition) is 1. The Bertz CT molecular complexity index is 475. The minimum absolute atomic E-state index is 0.482. The molecule has 1 N–H and O–H groups in total. The first-order valence-electron chi connectivity index (χ1n) is 7.09. The summed E-state index contributed by atoms with van der Waals surface area (Å²) in [6.07, 6.45) is 3.69. The molecule has 1 heterocycles. The molecule has 2 rings (SSSR count). The number of nitrogens with one attached hydrogen (secondary N) is 1. The summed E-state index contributed by atoms with van der Waals surface area (Å²) in [5.41, 5.74) is 1.45. The maximum atomic E-state index is 3.61. The van der Waals surface area contributed by atoms with Crippen LogP contribution in [0.25, 0.3) is 0 Å². The van der Waals surface area contributed by atoms with Gasteiger partial charge in [-0.05, 0) is 57.4 Å². The minimum Gasteiger partial charge on any atom is -0.309 e. The lowest BCUT2D eigenvalue weighted by molar-refractivity contribution is 0.552. The summed E-state index contributed by atoms with van der Waals surface area (Å²) in [4.78, 5) is 2.84. The zero-order valence-electron chi connectivity index (χ0n) is 11.9. The molecule has 0 amide bonds. The summed E-state index contributed by atoms with van der Waals surface area (Å²) in [6, 6.07) is 15.7. The second-order valence-corrected chi connectivity index (χ2v) is 6.39. The Balaban J connectivity index is 1.62. The normalized spacial score (nSPS) is 12.5. The zero-order valence-corrected chi connectivity index (χ0v) is 12.7. The molecule has 0 spiro atoms. The van der Waals surface area contributed by atoms with Crippen LogP contribution in [0.15, 0.2) is 42.5 Å². The first-order chi connectivity index (χ1) is 9.25. The third kappa shape index (κ3) is 4.81. The lowest BCUT2D eigenvalue weighted by atomic mass is 10.1. The van der Waals surface area contributed by atoms with E-state index in [-0.39, 0.29) is 0 Å². The van der Waals surface area contributed by atoms with E-state index < -0.39 is 0 Å². The minimum atomic E-state index is 0.482. The zero-order chi connectivity index (χ0) is 13.5. The molecule has 19 heavy (non-hydrogen) atoms. The van der Waals surface area contributed by atoms with Gasteiger partial charge in [-0.3, -0.25) is 0 Å². The molecule has 2 heteroatoms. The fourth-order valence-corrected chi connectivity index (χ4v) is 3.11. The first kappa shape index (κ1) is 14.3. The average Bonchev–Trinajstić information content (AvgIpc) is 2.86. The molecule has 0 aliphatic carbocycles. The fourth-order valence-electron chi connectivity index (χ4n) is 2.20. The summed E-state index contributed by atoms with van der Waals surface area (Å²) in [5, 5.41) is 3.61. The van der Waals surface area contributed by atoms with Crippen molar-refractivity contribution in [1.29, 1.82) is 0 Å². The summed E-state index contributed by atoms with van der Waals surface area (Å²) in [5.74, 6) is 0. The number of thiophene rings is 1. The Labute approximate surface area is 120 Å². The monoisotopic (exact) mass is 273 g/mol. The van der Waals surface area contributed by atoms with E-state index in [1.54, 1.807) is 0 Å². The van der Waals surface area contributed by atoms with Crippen LogP contribution in [0.2, 0.25) is 0 Å². The van der Waals surface area contributed by atoms with Crippen molar-refractivity contribution in [3.63, 3.8) is 0 Å². The van der Waals surface area contributed by atoms with Crippen molar-refractivity contribution < 1.29 is 0 Å². The number of hydrogen-bond acceptors (Lipinski definition) is 2. The van der Waals surface area contributed by atoms with Gasteiger partial charge in [-0.25, -0.2) is 0 Å². The van der Waals surface area contributed by atoms with Crippen molar-refractivity contribution in [1.82, 2.24) is 5.32 Å². The van der Waals surface area contributed by atoms with E-state index in [2.05, 4.69) is 61.6 Å². The molecule has 1 atom stereocenters. The van der Waals surface area contributed by atoms with Crippen LogP contribution in [0.1, 0.15) is 41.1 Å². The Hall–Kier alpha value is -1.12. The largest absolute Gasteiger partial charge is 0.309 e. The Morgan fingerprint density at radius 3 is 2.53 bits per heavy atom. The van der Waals surface area contributed by atoms with Gasteiger partial charge in [0.15, 0.2) is 0 Å². The van der Waals surface area contributed by atoms with Gasteiger partial charge in [-0.15, -0.1) is 11.3 Å². The van der Waals surface area contributed by atoms with E-state index in [4.69, 9.17) is 0 Å². The maximum Gasteiger partial charge on any atom is 0.0386 e. The van der Waals surface area contributed by atoms with Crippen LogP contribution in [0.5, 0.6) is 0 Å². The van der Waals surface area contributed by atoms with Crippen molar-refractivity contribution in [3.05, 3.63) is 57.8 Å². The highest BCUT2D eigenvalue weighted by molar-refractivity contribution is 7.12. The fraction of sp³-hybridized carbons (Fsp3) is 0.412. The van der Waals surface area contributed by atoms with Crippen molar-refractivity contribution in [2.24, 2.45) is 0 Å². The topological polar surface area (TPSA) is 12.0 Å². The van der Waals surface area contributed by atoms with Crippen LogP contribution in [0.3, 0.4) is 0 Å². The van der Waals surface area contributed by atoms with Gasteiger partial charge in [0.2, 0.25) is 0 Å². The van der Waals surface area contributed by atoms with Gasteiger partial charge < -0.3 is 5.32 Å². The third-order valence-corrected chi connectivity index (χ3v) is 4.56. The molecular formula is C17H23NS. The standard InChI is InChI=1S/C17H23NS/c1-14-11-12-17(19-14)15(2)18-13-7-6-10-16-8-4-3-5-9-16/h3-5,8-9,11-12,15,18H,6-7,10,13H2,1-2H3. The van der Waals surface area contributed by atoms with Crippen LogP contribution in [-0.4, -0.2) is 6.54 Å². The number of aryl methyl sites for hydroxylation is 2. The molecule has 0 bridgehead atoms. The molecule has 102 valence electrons. The summed E-state index contributed by atoms with van der Waals surface area (Å²) in [7, 11) is 0. The van der Waals surface area contributed by atoms with Crippen LogP contribution in [0, 0.1) is 6.92 Å². The Kier molecular flexibility index (Phi) is 5.62. The molecule has 0 saturated carbocycles. The maximum absolute atomic E-state index is 3.61. The van der Waals surface area contributed by atoms with Crippen molar-refractivity contribution in [2.45, 2.75) is 39.2 Å². The van der Waals surface area contributed by atoms with Crippen LogP contribution in [-0.2, 0) is 6.42 Å². The van der Waals surface area contributed by atoms with E-state index in [0.29, 0.717) is 6.04 Å². The number of benzene rings is 1. The second-order valence-electron chi connectivity index (χ2n) is 5.07. The van der Waals surface area contributed by atoms with Crippen LogP contribution < -0.4 is 5.32 Å². The second kappa shape index (κ2) is 7.46. The lowest BCUT2D eigenvalue weighted by Gasteiger charge is -2.11. The Morgan fingerprint density at radius 1 is 1.05 bits per heavy atom. The van der Waals surface area contributed by atoms with Gasteiger partial charge in [-0.1, -0.05) is 30.3 Å². The molecule has 1 nitrogen and oxygen atoms in total. The quantitative estimate of drug-likeness (QED) is 0.719.